The number of ether oxygens (including phenoxy) is 1. The van der Waals surface area contributed by atoms with Gasteiger partial charge >= 0.3 is 6.09 Å². The lowest BCUT2D eigenvalue weighted by Gasteiger charge is -2.27. The minimum absolute atomic E-state index is 0.00399. The summed E-state index contributed by atoms with van der Waals surface area (Å²) in [6, 6.07) is -0.455. The molecule has 6 heteroatoms. The Hall–Kier alpha value is -1.30. The zero-order valence-corrected chi connectivity index (χ0v) is 11.9. The fourth-order valence-corrected chi connectivity index (χ4v) is 2.06. The lowest BCUT2D eigenvalue weighted by Crippen LogP contribution is -2.45. The summed E-state index contributed by atoms with van der Waals surface area (Å²) in [5.41, 5.74) is -0.577. The molecule has 3 N–H and O–H groups in total. The van der Waals surface area contributed by atoms with Crippen LogP contribution in [0.4, 0.5) is 4.79 Å². The first kappa shape index (κ1) is 15.8. The summed E-state index contributed by atoms with van der Waals surface area (Å²) in [4.78, 5) is 23.2. The maximum Gasteiger partial charge on any atom is 0.407 e. The van der Waals surface area contributed by atoms with Crippen LogP contribution >= 0.6 is 0 Å². The standard InChI is InChI=1S/C13H24N2O4/c1-13(2,3)19-12(18)15-10(8-16)7-9-5-4-6-14-11(9)17/h9-10,16H,4-8H2,1-3H3,(H,14,17)(H,15,18)/t9-,10-/m0/s1. The van der Waals surface area contributed by atoms with E-state index in [4.69, 9.17) is 4.74 Å². The number of amides is 2. The van der Waals surface area contributed by atoms with Gasteiger partial charge in [-0.2, -0.15) is 0 Å². The minimum atomic E-state index is -0.577. The molecular weight excluding hydrogens is 248 g/mol. The molecule has 1 fully saturated rings. The third-order valence-corrected chi connectivity index (χ3v) is 2.91. The second-order valence-corrected chi connectivity index (χ2v) is 5.89. The maximum absolute atomic E-state index is 11.6. The summed E-state index contributed by atoms with van der Waals surface area (Å²) in [5, 5.41) is 14.7. The van der Waals surface area contributed by atoms with Gasteiger partial charge in [-0.15, -0.1) is 0 Å². The van der Waals surface area contributed by atoms with Gasteiger partial charge in [0.2, 0.25) is 5.91 Å². The van der Waals surface area contributed by atoms with Crippen LogP contribution in [-0.4, -0.2) is 41.9 Å². The summed E-state index contributed by atoms with van der Waals surface area (Å²) in [6.45, 7) is 5.82. The monoisotopic (exact) mass is 272 g/mol. The SMILES string of the molecule is CC(C)(C)OC(=O)N[C@H](CO)C[C@@H]1CCCNC1=O. The molecule has 0 spiro atoms. The number of hydrogen-bond donors (Lipinski definition) is 3. The molecule has 19 heavy (non-hydrogen) atoms. The van der Waals surface area contributed by atoms with Gasteiger partial charge in [0.15, 0.2) is 0 Å². The van der Waals surface area contributed by atoms with Crippen LogP contribution in [0.15, 0.2) is 0 Å². The highest BCUT2D eigenvalue weighted by Gasteiger charge is 2.27. The number of hydrogen-bond acceptors (Lipinski definition) is 4. The van der Waals surface area contributed by atoms with Gasteiger partial charge in [-0.25, -0.2) is 4.79 Å². The third-order valence-electron chi connectivity index (χ3n) is 2.91. The van der Waals surface area contributed by atoms with E-state index >= 15 is 0 Å². The summed E-state index contributed by atoms with van der Waals surface area (Å²) in [7, 11) is 0. The van der Waals surface area contributed by atoms with E-state index in [9.17, 15) is 14.7 Å². The minimum Gasteiger partial charge on any atom is -0.444 e. The number of carbonyl (C=O) groups is 2. The molecule has 0 aliphatic carbocycles. The molecule has 0 saturated carbocycles. The van der Waals surface area contributed by atoms with Gasteiger partial charge in [-0.1, -0.05) is 0 Å². The highest BCUT2D eigenvalue weighted by atomic mass is 16.6. The van der Waals surface area contributed by atoms with E-state index in [0.717, 1.165) is 12.8 Å². The van der Waals surface area contributed by atoms with Crippen LogP contribution in [0.2, 0.25) is 0 Å². The Labute approximate surface area is 113 Å². The molecule has 0 aromatic rings. The molecule has 110 valence electrons. The average Bonchev–Trinajstić information content (AvgIpc) is 2.28. The van der Waals surface area contributed by atoms with Crippen LogP contribution in [0.1, 0.15) is 40.0 Å². The number of aliphatic hydroxyl groups is 1. The van der Waals surface area contributed by atoms with Crippen molar-refractivity contribution in [1.82, 2.24) is 10.6 Å². The molecule has 1 heterocycles. The fourth-order valence-electron chi connectivity index (χ4n) is 2.06. The normalized spacial score (nSPS) is 21.5. The molecule has 0 aromatic carbocycles. The van der Waals surface area contributed by atoms with Crippen LogP contribution in [0.3, 0.4) is 0 Å². The van der Waals surface area contributed by atoms with E-state index in [1.807, 2.05) is 0 Å². The van der Waals surface area contributed by atoms with Crippen LogP contribution in [0.5, 0.6) is 0 Å². The molecule has 1 aliphatic heterocycles. The molecule has 1 saturated heterocycles. The summed E-state index contributed by atoms with van der Waals surface area (Å²) >= 11 is 0. The molecule has 0 aromatic heterocycles. The van der Waals surface area contributed by atoms with Gasteiger partial charge in [-0.05, 0) is 40.0 Å². The zero-order chi connectivity index (χ0) is 14.5. The number of alkyl carbamates (subject to hydrolysis) is 1. The summed E-state index contributed by atoms with van der Waals surface area (Å²) < 4.78 is 5.12. The predicted molar refractivity (Wildman–Crippen MR) is 70.6 cm³/mol. The molecule has 0 radical (unpaired) electrons. The molecule has 1 aliphatic rings. The quantitative estimate of drug-likeness (QED) is 0.706. The third kappa shape index (κ3) is 5.92. The lowest BCUT2D eigenvalue weighted by molar-refractivity contribution is -0.127. The van der Waals surface area contributed by atoms with E-state index in [1.54, 1.807) is 20.8 Å². The number of piperidine rings is 1. The van der Waals surface area contributed by atoms with Crippen molar-refractivity contribution in [2.45, 2.75) is 51.7 Å². The van der Waals surface area contributed by atoms with Crippen molar-refractivity contribution in [2.24, 2.45) is 5.92 Å². The second-order valence-electron chi connectivity index (χ2n) is 5.89. The van der Waals surface area contributed by atoms with Crippen LogP contribution in [0, 0.1) is 5.92 Å². The highest BCUT2D eigenvalue weighted by Crippen LogP contribution is 2.17. The van der Waals surface area contributed by atoms with E-state index in [-0.39, 0.29) is 18.4 Å². The first-order valence-electron chi connectivity index (χ1n) is 6.70. The van der Waals surface area contributed by atoms with E-state index in [1.165, 1.54) is 0 Å². The Kier molecular flexibility index (Phi) is 5.60. The van der Waals surface area contributed by atoms with Crippen molar-refractivity contribution < 1.29 is 19.4 Å². The van der Waals surface area contributed by atoms with Gasteiger partial charge in [0.05, 0.1) is 12.6 Å². The van der Waals surface area contributed by atoms with Gasteiger partial charge < -0.3 is 20.5 Å². The van der Waals surface area contributed by atoms with Gasteiger partial charge in [0, 0.05) is 12.5 Å². The number of aliphatic hydroxyl groups excluding tert-OH is 1. The molecule has 1 rings (SSSR count). The average molecular weight is 272 g/mol. The maximum atomic E-state index is 11.6. The Morgan fingerprint density at radius 2 is 2.26 bits per heavy atom. The molecular formula is C13H24N2O4. The molecule has 2 amide bonds. The Bertz CT molecular complexity index is 325. The lowest BCUT2D eigenvalue weighted by atomic mass is 9.92. The van der Waals surface area contributed by atoms with Crippen molar-refractivity contribution in [1.29, 1.82) is 0 Å². The smallest absolute Gasteiger partial charge is 0.407 e. The van der Waals surface area contributed by atoms with Crippen LogP contribution in [-0.2, 0) is 9.53 Å². The Morgan fingerprint density at radius 3 is 2.79 bits per heavy atom. The largest absolute Gasteiger partial charge is 0.444 e. The van der Waals surface area contributed by atoms with Crippen LogP contribution < -0.4 is 10.6 Å². The highest BCUT2D eigenvalue weighted by molar-refractivity contribution is 5.79. The van der Waals surface area contributed by atoms with Crippen molar-refractivity contribution in [3.8, 4) is 0 Å². The first-order chi connectivity index (χ1) is 8.81. The number of carbonyl (C=O) groups excluding carboxylic acids is 2. The molecule has 0 unspecified atom stereocenters. The second kappa shape index (κ2) is 6.75. The van der Waals surface area contributed by atoms with Crippen molar-refractivity contribution in [3.05, 3.63) is 0 Å². The Morgan fingerprint density at radius 1 is 1.58 bits per heavy atom. The van der Waals surface area contributed by atoms with Gasteiger partial charge in [0.25, 0.3) is 0 Å². The van der Waals surface area contributed by atoms with Crippen molar-refractivity contribution >= 4 is 12.0 Å². The Balaban J connectivity index is 2.44. The van der Waals surface area contributed by atoms with Crippen LogP contribution in [0.25, 0.3) is 0 Å². The van der Waals surface area contributed by atoms with Gasteiger partial charge in [-0.3, -0.25) is 4.79 Å². The van der Waals surface area contributed by atoms with E-state index in [0.29, 0.717) is 13.0 Å². The molecule has 6 nitrogen and oxygen atoms in total. The topological polar surface area (TPSA) is 87.7 Å². The van der Waals surface area contributed by atoms with Crippen molar-refractivity contribution in [2.75, 3.05) is 13.2 Å². The molecule has 2 atom stereocenters. The fraction of sp³-hybridized carbons (Fsp3) is 0.846. The summed E-state index contributed by atoms with van der Waals surface area (Å²) in [5.74, 6) is -0.156. The number of rotatable bonds is 4. The van der Waals surface area contributed by atoms with Gasteiger partial charge in [0.1, 0.15) is 5.60 Å². The first-order valence-corrected chi connectivity index (χ1v) is 6.70. The van der Waals surface area contributed by atoms with Crippen molar-refractivity contribution in [3.63, 3.8) is 0 Å². The number of nitrogens with one attached hydrogen (secondary N) is 2. The predicted octanol–water partition coefficient (Wildman–Crippen LogP) is 0.788. The van der Waals surface area contributed by atoms with E-state index in [2.05, 4.69) is 10.6 Å². The molecule has 0 bridgehead atoms. The van der Waals surface area contributed by atoms with E-state index < -0.39 is 17.7 Å². The zero-order valence-electron chi connectivity index (χ0n) is 11.9. The summed E-state index contributed by atoms with van der Waals surface area (Å²) in [6.07, 6.45) is 1.59.